The van der Waals surface area contributed by atoms with Gasteiger partial charge in [-0.2, -0.15) is 0 Å². The van der Waals surface area contributed by atoms with E-state index in [1.165, 1.54) is 18.2 Å². The minimum Gasteiger partial charge on any atom is -0.508 e. The normalized spacial score (nSPS) is 21.6. The zero-order chi connectivity index (χ0) is 34.5. The van der Waals surface area contributed by atoms with Gasteiger partial charge in [0.15, 0.2) is 29.8 Å². The zero-order valence-corrected chi connectivity index (χ0v) is 26.6. The topological polar surface area (TPSA) is 170 Å². The Bertz CT molecular complexity index is 1700. The fourth-order valence-corrected chi connectivity index (χ4v) is 5.69. The molecule has 5 atom stereocenters. The molecule has 13 heteroatoms. The predicted octanol–water partition coefficient (Wildman–Crippen LogP) is 4.47. The van der Waals surface area contributed by atoms with Crippen LogP contribution in [0.5, 0.6) is 23.0 Å². The number of ether oxygens (including phenoxy) is 7. The van der Waals surface area contributed by atoms with E-state index >= 15 is 0 Å². The van der Waals surface area contributed by atoms with Crippen molar-refractivity contribution < 1.29 is 62.2 Å². The molecule has 2 aliphatic heterocycles. The van der Waals surface area contributed by atoms with Crippen LogP contribution in [0.1, 0.15) is 73.4 Å². The fraction of sp³-hybridized carbons (Fsp3) is 0.343. The van der Waals surface area contributed by atoms with Crippen molar-refractivity contribution in [2.45, 2.75) is 71.2 Å². The highest BCUT2D eigenvalue weighted by Crippen LogP contribution is 2.51. The molecule has 13 nitrogen and oxygen atoms in total. The summed E-state index contributed by atoms with van der Waals surface area (Å²) in [6.07, 6.45) is -6.26. The number of phenols is 1. The van der Waals surface area contributed by atoms with Crippen LogP contribution in [0.2, 0.25) is 0 Å². The summed E-state index contributed by atoms with van der Waals surface area (Å²) in [5.41, 5.74) is 1.30. The molecular weight excluding hydrogens is 628 g/mol. The van der Waals surface area contributed by atoms with Crippen LogP contribution in [0, 0.1) is 0 Å². The molecule has 252 valence electrons. The number of aromatic hydroxyl groups is 1. The molecular formula is C35H34O13. The number of carbonyl (C=O) groups excluding carboxylic acids is 5. The molecule has 2 heterocycles. The third kappa shape index (κ3) is 7.74. The molecule has 0 aliphatic carbocycles. The maximum absolute atomic E-state index is 13.9. The Morgan fingerprint density at radius 3 is 2.10 bits per heavy atom. The van der Waals surface area contributed by atoms with Crippen LogP contribution < -0.4 is 14.2 Å². The quantitative estimate of drug-likeness (QED) is 0.194. The summed E-state index contributed by atoms with van der Waals surface area (Å²) < 4.78 is 41.0. The molecule has 3 aromatic rings. The molecule has 1 N–H and O–H groups in total. The number of hydrogen-bond donors (Lipinski definition) is 1. The molecule has 1 saturated heterocycles. The number of benzene rings is 3. The van der Waals surface area contributed by atoms with Crippen molar-refractivity contribution in [3.8, 4) is 23.0 Å². The predicted molar refractivity (Wildman–Crippen MR) is 164 cm³/mol. The Morgan fingerprint density at radius 2 is 1.48 bits per heavy atom. The van der Waals surface area contributed by atoms with Gasteiger partial charge in [-0.05, 0) is 23.3 Å². The van der Waals surface area contributed by atoms with Crippen molar-refractivity contribution >= 4 is 29.7 Å². The molecule has 0 bridgehead atoms. The van der Waals surface area contributed by atoms with E-state index in [4.69, 9.17) is 33.2 Å². The number of hydrogen-bond acceptors (Lipinski definition) is 13. The SMILES string of the molecule is CC(=O)Oc1c2c(cc(OCc3ccccc3)c1[C@H]1OC[C@@H](OC(C)=O)[C@@H](OC(C)=O)[C@@H]1OC(C)=O)OC(c1ccc(O)cc1)CC2=O. The third-order valence-corrected chi connectivity index (χ3v) is 7.55. The average molecular weight is 663 g/mol. The second-order valence-electron chi connectivity index (χ2n) is 11.2. The van der Waals surface area contributed by atoms with Crippen LogP contribution in [-0.2, 0) is 44.7 Å². The van der Waals surface area contributed by atoms with Gasteiger partial charge in [0.05, 0.1) is 18.6 Å². The molecule has 0 amide bonds. The number of phenolic OH excluding ortho intramolecular Hbond substituents is 1. The molecule has 0 saturated carbocycles. The van der Waals surface area contributed by atoms with E-state index < -0.39 is 60.2 Å². The van der Waals surface area contributed by atoms with E-state index in [1.807, 2.05) is 30.3 Å². The Hall–Kier alpha value is -5.43. The molecule has 3 aromatic carbocycles. The van der Waals surface area contributed by atoms with Crippen molar-refractivity contribution in [2.24, 2.45) is 0 Å². The standard InChI is InChI=1S/C35H34O13/c1-18(36)44-29-17-43-34(35(47-21(4)39)32(29)45-19(2)37)31-27(42-16-22-8-6-5-7-9-22)15-28-30(33(31)46-20(3)38)25(41)14-26(48-28)23-10-12-24(40)13-11-23/h5-13,15,26,29,32,34-35,40H,14,16-17H2,1-4H3/t26?,29-,32-,34-,35+/m1/s1. The van der Waals surface area contributed by atoms with E-state index in [1.54, 1.807) is 12.1 Å². The van der Waals surface area contributed by atoms with Gasteiger partial charge in [-0.15, -0.1) is 0 Å². The van der Waals surface area contributed by atoms with Crippen molar-refractivity contribution in [1.29, 1.82) is 0 Å². The van der Waals surface area contributed by atoms with E-state index in [0.29, 0.717) is 5.56 Å². The number of esters is 4. The summed E-state index contributed by atoms with van der Waals surface area (Å²) in [6.45, 7) is 4.25. The molecule has 1 fully saturated rings. The Balaban J connectivity index is 1.69. The Kier molecular flexibility index (Phi) is 10.3. The summed E-state index contributed by atoms with van der Waals surface area (Å²) in [7, 11) is 0. The number of ketones is 1. The third-order valence-electron chi connectivity index (χ3n) is 7.55. The molecule has 5 rings (SSSR count). The first-order valence-corrected chi connectivity index (χ1v) is 15.1. The Labute approximate surface area is 275 Å². The first kappa shape index (κ1) is 33.9. The van der Waals surface area contributed by atoms with Crippen molar-refractivity contribution in [2.75, 3.05) is 6.61 Å². The van der Waals surface area contributed by atoms with Gasteiger partial charge < -0.3 is 38.3 Å². The van der Waals surface area contributed by atoms with Crippen molar-refractivity contribution in [1.82, 2.24) is 0 Å². The average Bonchev–Trinajstić information content (AvgIpc) is 3.01. The van der Waals surface area contributed by atoms with Crippen molar-refractivity contribution in [3.05, 3.63) is 82.9 Å². The van der Waals surface area contributed by atoms with Crippen LogP contribution in [-0.4, -0.2) is 59.7 Å². The molecule has 2 aliphatic rings. The van der Waals surface area contributed by atoms with Gasteiger partial charge in [-0.3, -0.25) is 24.0 Å². The number of carbonyl (C=O) groups is 5. The van der Waals surface area contributed by atoms with Gasteiger partial charge in [-0.1, -0.05) is 42.5 Å². The summed E-state index contributed by atoms with van der Waals surface area (Å²) in [5.74, 6) is -3.62. The minimum absolute atomic E-state index is 0.00425. The second kappa shape index (κ2) is 14.6. The van der Waals surface area contributed by atoms with Crippen LogP contribution in [0.25, 0.3) is 0 Å². The first-order chi connectivity index (χ1) is 22.9. The van der Waals surface area contributed by atoms with Crippen molar-refractivity contribution in [3.63, 3.8) is 0 Å². The maximum Gasteiger partial charge on any atom is 0.308 e. The minimum atomic E-state index is -1.46. The van der Waals surface area contributed by atoms with Crippen LogP contribution in [0.4, 0.5) is 0 Å². The van der Waals surface area contributed by atoms with E-state index in [2.05, 4.69) is 0 Å². The van der Waals surface area contributed by atoms with Crippen LogP contribution in [0.15, 0.2) is 60.7 Å². The lowest BCUT2D eigenvalue weighted by atomic mass is 9.88. The number of Topliss-reactive ketones (excluding diaryl/α,β-unsaturated/α-hetero) is 1. The fourth-order valence-electron chi connectivity index (χ4n) is 5.69. The molecule has 1 unspecified atom stereocenters. The zero-order valence-electron chi connectivity index (χ0n) is 26.6. The van der Waals surface area contributed by atoms with Gasteiger partial charge in [0.1, 0.15) is 41.6 Å². The highest BCUT2D eigenvalue weighted by molar-refractivity contribution is 6.04. The van der Waals surface area contributed by atoms with Gasteiger partial charge in [0.2, 0.25) is 0 Å². The molecule has 0 radical (unpaired) electrons. The second-order valence-corrected chi connectivity index (χ2v) is 11.2. The maximum atomic E-state index is 13.9. The van der Waals surface area contributed by atoms with Gasteiger partial charge in [-0.25, -0.2) is 0 Å². The first-order valence-electron chi connectivity index (χ1n) is 15.1. The lowest BCUT2D eigenvalue weighted by molar-refractivity contribution is -0.227. The van der Waals surface area contributed by atoms with Gasteiger partial charge in [0.25, 0.3) is 0 Å². The summed E-state index contributed by atoms with van der Waals surface area (Å²) in [6, 6.07) is 16.8. The van der Waals surface area contributed by atoms with Gasteiger partial charge >= 0.3 is 23.9 Å². The lowest BCUT2D eigenvalue weighted by Gasteiger charge is -2.41. The largest absolute Gasteiger partial charge is 0.508 e. The molecule has 0 aromatic heterocycles. The van der Waals surface area contributed by atoms with E-state index in [0.717, 1.165) is 33.3 Å². The summed E-state index contributed by atoms with van der Waals surface area (Å²) >= 11 is 0. The van der Waals surface area contributed by atoms with Gasteiger partial charge in [0, 0.05) is 33.8 Å². The highest BCUT2D eigenvalue weighted by Gasteiger charge is 2.50. The number of rotatable bonds is 9. The lowest BCUT2D eigenvalue weighted by Crippen LogP contribution is -2.54. The van der Waals surface area contributed by atoms with E-state index in [9.17, 15) is 29.1 Å². The highest BCUT2D eigenvalue weighted by atomic mass is 16.6. The summed E-state index contributed by atoms with van der Waals surface area (Å²) in [4.78, 5) is 63.1. The molecule has 48 heavy (non-hydrogen) atoms. The summed E-state index contributed by atoms with van der Waals surface area (Å²) in [5, 5.41) is 9.76. The molecule has 0 spiro atoms. The monoisotopic (exact) mass is 662 g/mol. The smallest absolute Gasteiger partial charge is 0.308 e. The van der Waals surface area contributed by atoms with Crippen LogP contribution >= 0.6 is 0 Å². The van der Waals surface area contributed by atoms with E-state index in [-0.39, 0.29) is 53.8 Å². The number of fused-ring (bicyclic) bond motifs is 1. The van der Waals surface area contributed by atoms with Crippen LogP contribution in [0.3, 0.4) is 0 Å². The Morgan fingerprint density at radius 1 is 0.833 bits per heavy atom.